The number of hydrogen-bond acceptors (Lipinski definition) is 5. The van der Waals surface area contributed by atoms with Gasteiger partial charge in [-0.15, -0.1) is 11.3 Å². The van der Waals surface area contributed by atoms with E-state index in [1.165, 1.54) is 11.3 Å². The van der Waals surface area contributed by atoms with Crippen molar-refractivity contribution in [2.45, 2.75) is 59.5 Å². The molecule has 1 rings (SSSR count). The summed E-state index contributed by atoms with van der Waals surface area (Å²) in [4.78, 5) is 28.7. The molecule has 0 radical (unpaired) electrons. The number of allylic oxidation sites excluding steroid dienone is 1. The van der Waals surface area contributed by atoms with Crippen molar-refractivity contribution >= 4 is 29.4 Å². The number of aliphatic carboxylic acids is 1. The molecular formula is C18H27NO4S. The SMILES string of the molecule is CCCC(C)(C(=O)O)C(C/C=C/c1nccs1)C(=O)OC(C)(C)C. The monoisotopic (exact) mass is 353 g/mol. The normalized spacial score (nSPS) is 15.9. The van der Waals surface area contributed by atoms with Crippen molar-refractivity contribution in [1.29, 1.82) is 0 Å². The molecule has 5 nitrogen and oxygen atoms in total. The van der Waals surface area contributed by atoms with E-state index in [9.17, 15) is 14.7 Å². The molecule has 1 N–H and O–H groups in total. The molecule has 1 heterocycles. The molecule has 6 heteroatoms. The minimum Gasteiger partial charge on any atom is -0.481 e. The number of carbonyl (C=O) groups is 2. The van der Waals surface area contributed by atoms with Gasteiger partial charge in [0.25, 0.3) is 0 Å². The highest BCUT2D eigenvalue weighted by Gasteiger charge is 2.45. The second kappa shape index (κ2) is 8.42. The molecule has 0 aliphatic rings. The van der Waals surface area contributed by atoms with Crippen LogP contribution in [0.1, 0.15) is 58.9 Å². The van der Waals surface area contributed by atoms with Gasteiger partial charge in [-0.2, -0.15) is 0 Å². The zero-order valence-electron chi connectivity index (χ0n) is 15.0. The molecule has 0 spiro atoms. The molecule has 2 unspecified atom stereocenters. The highest BCUT2D eigenvalue weighted by Crippen LogP contribution is 2.37. The fourth-order valence-electron chi connectivity index (χ4n) is 2.56. The average Bonchev–Trinajstić information content (AvgIpc) is 2.94. The number of rotatable bonds is 8. The van der Waals surface area contributed by atoms with Crippen molar-refractivity contribution in [1.82, 2.24) is 4.98 Å². The lowest BCUT2D eigenvalue weighted by atomic mass is 9.72. The molecule has 0 saturated carbocycles. The Labute approximate surface area is 147 Å². The van der Waals surface area contributed by atoms with E-state index in [1.54, 1.807) is 33.9 Å². The number of carboxylic acids is 1. The molecule has 0 aromatic carbocycles. The Bertz CT molecular complexity index is 574. The van der Waals surface area contributed by atoms with Crippen LogP contribution in [0.5, 0.6) is 0 Å². The minimum atomic E-state index is -1.16. The first-order valence-electron chi connectivity index (χ1n) is 8.12. The lowest BCUT2D eigenvalue weighted by Gasteiger charge is -2.33. The number of thiazole rings is 1. The van der Waals surface area contributed by atoms with Crippen molar-refractivity contribution in [3.8, 4) is 0 Å². The van der Waals surface area contributed by atoms with E-state index in [0.29, 0.717) is 19.3 Å². The molecule has 0 amide bonds. The van der Waals surface area contributed by atoms with Gasteiger partial charge in [-0.05, 0) is 46.6 Å². The first-order chi connectivity index (χ1) is 11.1. The minimum absolute atomic E-state index is 0.303. The van der Waals surface area contributed by atoms with Crippen LogP contribution >= 0.6 is 11.3 Å². The zero-order valence-corrected chi connectivity index (χ0v) is 15.9. The van der Waals surface area contributed by atoms with E-state index >= 15 is 0 Å². The largest absolute Gasteiger partial charge is 0.481 e. The summed E-state index contributed by atoms with van der Waals surface area (Å²) in [5, 5.41) is 12.4. The van der Waals surface area contributed by atoms with Crippen molar-refractivity contribution in [3.63, 3.8) is 0 Å². The summed E-state index contributed by atoms with van der Waals surface area (Å²) in [6.07, 6.45) is 6.72. The van der Waals surface area contributed by atoms with E-state index in [2.05, 4.69) is 4.98 Å². The number of nitrogens with zero attached hydrogens (tertiary/aromatic N) is 1. The standard InChI is InChI=1S/C18H27NO4S/c1-6-10-18(5,16(21)22)13(15(20)23-17(2,3)4)8-7-9-14-19-11-12-24-14/h7,9,11-13H,6,8,10H2,1-5H3,(H,21,22)/b9-7+. The van der Waals surface area contributed by atoms with Crippen LogP contribution in [0.2, 0.25) is 0 Å². The highest BCUT2D eigenvalue weighted by atomic mass is 32.1. The maximum Gasteiger partial charge on any atom is 0.310 e. The van der Waals surface area contributed by atoms with E-state index < -0.39 is 28.9 Å². The van der Waals surface area contributed by atoms with E-state index in [0.717, 1.165) is 5.01 Å². The van der Waals surface area contributed by atoms with E-state index in [1.807, 2.05) is 24.5 Å². The Hall–Kier alpha value is -1.69. The van der Waals surface area contributed by atoms with Crippen molar-refractivity contribution < 1.29 is 19.4 Å². The fraction of sp³-hybridized carbons (Fsp3) is 0.611. The maximum absolute atomic E-state index is 12.6. The number of carbonyl (C=O) groups excluding carboxylic acids is 1. The summed E-state index contributed by atoms with van der Waals surface area (Å²) in [5.41, 5.74) is -1.82. The summed E-state index contributed by atoms with van der Waals surface area (Å²) in [6, 6.07) is 0. The quantitative estimate of drug-likeness (QED) is 0.701. The number of hydrogen-bond donors (Lipinski definition) is 1. The Kier molecular flexibility index (Phi) is 7.14. The van der Waals surface area contributed by atoms with Gasteiger partial charge >= 0.3 is 11.9 Å². The van der Waals surface area contributed by atoms with E-state index in [-0.39, 0.29) is 0 Å². The number of ether oxygens (including phenoxy) is 1. The fourth-order valence-corrected chi connectivity index (χ4v) is 3.12. The predicted octanol–water partition coefficient (Wildman–Crippen LogP) is 4.40. The second-order valence-electron chi connectivity index (χ2n) is 7.07. The Balaban J connectivity index is 3.05. The molecule has 1 aromatic rings. The molecular weight excluding hydrogens is 326 g/mol. The number of aromatic nitrogens is 1. The van der Waals surface area contributed by atoms with Crippen LogP contribution in [0.15, 0.2) is 17.7 Å². The summed E-state index contributed by atoms with van der Waals surface area (Å²) in [7, 11) is 0. The van der Waals surface area contributed by atoms with Crippen LogP contribution in [-0.2, 0) is 14.3 Å². The van der Waals surface area contributed by atoms with Gasteiger partial charge in [-0.3, -0.25) is 9.59 Å². The van der Waals surface area contributed by atoms with Gasteiger partial charge in [-0.25, -0.2) is 4.98 Å². The topological polar surface area (TPSA) is 76.5 Å². The van der Waals surface area contributed by atoms with Gasteiger partial charge in [0.05, 0.1) is 11.3 Å². The summed E-state index contributed by atoms with van der Waals surface area (Å²) < 4.78 is 5.48. The van der Waals surface area contributed by atoms with E-state index in [4.69, 9.17) is 4.74 Å². The molecule has 0 aliphatic carbocycles. The third kappa shape index (κ3) is 5.74. The third-order valence-corrected chi connectivity index (χ3v) is 4.54. The molecule has 0 saturated heterocycles. The molecule has 0 bridgehead atoms. The molecule has 0 aliphatic heterocycles. The average molecular weight is 353 g/mol. The predicted molar refractivity (Wildman–Crippen MR) is 95.8 cm³/mol. The van der Waals surface area contributed by atoms with Gasteiger partial charge in [-0.1, -0.05) is 19.4 Å². The van der Waals surface area contributed by atoms with Crippen LogP contribution < -0.4 is 0 Å². The summed E-state index contributed by atoms with van der Waals surface area (Å²) in [5.74, 6) is -2.18. The van der Waals surface area contributed by atoms with Crippen molar-refractivity contribution in [2.75, 3.05) is 0 Å². The molecule has 1 aromatic heterocycles. The van der Waals surface area contributed by atoms with Gasteiger partial charge in [0.15, 0.2) is 0 Å². The van der Waals surface area contributed by atoms with Gasteiger partial charge < -0.3 is 9.84 Å². The van der Waals surface area contributed by atoms with Crippen LogP contribution in [0.25, 0.3) is 6.08 Å². The summed E-state index contributed by atoms with van der Waals surface area (Å²) in [6.45, 7) is 8.89. The second-order valence-corrected chi connectivity index (χ2v) is 7.99. The highest BCUT2D eigenvalue weighted by molar-refractivity contribution is 7.10. The molecule has 2 atom stereocenters. The van der Waals surface area contributed by atoms with Crippen LogP contribution in [0.4, 0.5) is 0 Å². The zero-order chi connectivity index (χ0) is 18.4. The number of esters is 1. The van der Waals surface area contributed by atoms with Crippen LogP contribution in [0.3, 0.4) is 0 Å². The van der Waals surface area contributed by atoms with Gasteiger partial charge in [0, 0.05) is 11.6 Å². The lowest BCUT2D eigenvalue weighted by molar-refractivity contribution is -0.172. The molecule has 134 valence electrons. The summed E-state index contributed by atoms with van der Waals surface area (Å²) >= 11 is 1.49. The Morgan fingerprint density at radius 2 is 2.04 bits per heavy atom. The van der Waals surface area contributed by atoms with Crippen LogP contribution in [0, 0.1) is 11.3 Å². The van der Waals surface area contributed by atoms with Crippen molar-refractivity contribution in [3.05, 3.63) is 22.7 Å². The smallest absolute Gasteiger partial charge is 0.310 e. The number of carboxylic acid groups (broad SMARTS) is 1. The maximum atomic E-state index is 12.6. The Morgan fingerprint density at radius 3 is 2.50 bits per heavy atom. The van der Waals surface area contributed by atoms with Gasteiger partial charge in [0.2, 0.25) is 0 Å². The first-order valence-corrected chi connectivity index (χ1v) is 9.00. The van der Waals surface area contributed by atoms with Crippen LogP contribution in [-0.4, -0.2) is 27.6 Å². The van der Waals surface area contributed by atoms with Gasteiger partial charge in [0.1, 0.15) is 10.6 Å². The first kappa shape index (κ1) is 20.4. The molecule has 0 fully saturated rings. The molecule has 24 heavy (non-hydrogen) atoms. The lowest BCUT2D eigenvalue weighted by Crippen LogP contribution is -2.42. The third-order valence-electron chi connectivity index (χ3n) is 3.80. The Morgan fingerprint density at radius 1 is 1.38 bits per heavy atom. The van der Waals surface area contributed by atoms with Crippen molar-refractivity contribution in [2.24, 2.45) is 11.3 Å².